The molecule has 2 aromatic rings. The average Bonchev–Trinajstić information content (AvgIpc) is 2.37. The highest BCUT2D eigenvalue weighted by Crippen LogP contribution is 2.37. The summed E-state index contributed by atoms with van der Waals surface area (Å²) >= 11 is 5.66. The Hall–Kier alpha value is -2.02. The quantitative estimate of drug-likeness (QED) is 0.629. The number of pyridine rings is 1. The minimum absolute atomic E-state index is 0.199. The number of alkyl halides is 3. The van der Waals surface area contributed by atoms with E-state index in [1.165, 1.54) is 0 Å². The highest BCUT2D eigenvalue weighted by Gasteiger charge is 2.34. The molecule has 0 bridgehead atoms. The number of hydrogen-bond donors (Lipinski definition) is 0. The maximum Gasteiger partial charge on any atom is 0.417 e. The molecule has 0 fully saturated rings. The molecule has 0 saturated heterocycles. The zero-order valence-electron chi connectivity index (χ0n) is 9.15. The van der Waals surface area contributed by atoms with Crippen LogP contribution in [0.1, 0.15) is 15.9 Å². The van der Waals surface area contributed by atoms with E-state index in [1.54, 1.807) is 0 Å². The van der Waals surface area contributed by atoms with E-state index < -0.39 is 11.7 Å². The summed E-state index contributed by atoms with van der Waals surface area (Å²) in [6.45, 7) is 0. The molecule has 2 heterocycles. The van der Waals surface area contributed by atoms with Gasteiger partial charge < -0.3 is 0 Å². The first kappa shape index (κ1) is 13.4. The predicted octanol–water partition coefficient (Wildman–Crippen LogP) is 3.02. The number of hydrogen-bond acceptors (Lipinski definition) is 4. The van der Waals surface area contributed by atoms with Gasteiger partial charge in [-0.25, -0.2) is 9.97 Å². The fourth-order valence-electron chi connectivity index (χ4n) is 1.52. The molecular formula is C11H5ClF3N3O. The minimum Gasteiger partial charge on any atom is -0.298 e. The second kappa shape index (κ2) is 4.93. The van der Waals surface area contributed by atoms with Crippen LogP contribution in [-0.4, -0.2) is 21.2 Å². The highest BCUT2D eigenvalue weighted by molar-refractivity contribution is 6.32. The van der Waals surface area contributed by atoms with Gasteiger partial charge in [0.15, 0.2) is 6.29 Å². The summed E-state index contributed by atoms with van der Waals surface area (Å²) in [4.78, 5) is 21.8. The van der Waals surface area contributed by atoms with E-state index in [1.807, 2.05) is 0 Å². The third kappa shape index (κ3) is 2.55. The van der Waals surface area contributed by atoms with Gasteiger partial charge in [0.25, 0.3) is 0 Å². The normalized spacial score (nSPS) is 11.4. The van der Waals surface area contributed by atoms with Crippen molar-refractivity contribution >= 4 is 17.9 Å². The van der Waals surface area contributed by atoms with E-state index in [-0.39, 0.29) is 22.0 Å². The first-order chi connectivity index (χ1) is 8.95. The third-order valence-electron chi connectivity index (χ3n) is 2.33. The molecule has 0 aliphatic carbocycles. The van der Waals surface area contributed by atoms with E-state index in [9.17, 15) is 18.0 Å². The molecule has 0 atom stereocenters. The van der Waals surface area contributed by atoms with Crippen molar-refractivity contribution in [3.05, 3.63) is 41.1 Å². The molecule has 0 spiro atoms. The van der Waals surface area contributed by atoms with Crippen LogP contribution >= 0.6 is 11.6 Å². The van der Waals surface area contributed by atoms with E-state index in [2.05, 4.69) is 15.0 Å². The molecule has 0 aliphatic rings. The summed E-state index contributed by atoms with van der Waals surface area (Å²) in [5, 5.41) is -0.211. The first-order valence-electron chi connectivity index (χ1n) is 4.92. The van der Waals surface area contributed by atoms with Gasteiger partial charge in [-0.1, -0.05) is 11.6 Å². The summed E-state index contributed by atoms with van der Waals surface area (Å²) < 4.78 is 38.6. The van der Waals surface area contributed by atoms with E-state index in [4.69, 9.17) is 11.6 Å². The van der Waals surface area contributed by atoms with Gasteiger partial charge in [0, 0.05) is 18.0 Å². The second-order valence-electron chi connectivity index (χ2n) is 3.46. The molecular weight excluding hydrogens is 283 g/mol. The average molecular weight is 288 g/mol. The Kier molecular flexibility index (Phi) is 3.48. The van der Waals surface area contributed by atoms with Crippen LogP contribution in [0.5, 0.6) is 0 Å². The van der Waals surface area contributed by atoms with E-state index in [0.29, 0.717) is 6.29 Å². The fraction of sp³-hybridized carbons (Fsp3) is 0.0909. The monoisotopic (exact) mass is 287 g/mol. The number of aldehydes is 1. The van der Waals surface area contributed by atoms with E-state index in [0.717, 1.165) is 24.8 Å². The summed E-state index contributed by atoms with van der Waals surface area (Å²) in [6.07, 6.45) is -1.30. The predicted molar refractivity (Wildman–Crippen MR) is 60.7 cm³/mol. The first-order valence-corrected chi connectivity index (χ1v) is 5.30. The standard InChI is InChI=1S/C11H5ClF3N3O/c12-10-7(4-19)9(17-5-18-10)6-3-16-2-1-8(6)11(13,14)15/h1-5H. The highest BCUT2D eigenvalue weighted by atomic mass is 35.5. The Balaban J connectivity index is 2.73. The Labute approximate surface area is 110 Å². The SMILES string of the molecule is O=Cc1c(Cl)ncnc1-c1cnccc1C(F)(F)F. The molecule has 0 amide bonds. The smallest absolute Gasteiger partial charge is 0.298 e. The minimum atomic E-state index is -4.59. The lowest BCUT2D eigenvalue weighted by Gasteiger charge is -2.12. The Morgan fingerprint density at radius 2 is 2.00 bits per heavy atom. The Bertz CT molecular complexity index is 631. The fourth-order valence-corrected chi connectivity index (χ4v) is 1.70. The van der Waals surface area contributed by atoms with Crippen molar-refractivity contribution in [3.8, 4) is 11.3 Å². The van der Waals surface area contributed by atoms with Crippen LogP contribution in [0, 0.1) is 0 Å². The summed E-state index contributed by atoms with van der Waals surface area (Å²) in [5.41, 5.74) is -1.67. The summed E-state index contributed by atoms with van der Waals surface area (Å²) in [6, 6.07) is 0.805. The van der Waals surface area contributed by atoms with Crippen molar-refractivity contribution in [1.82, 2.24) is 15.0 Å². The molecule has 98 valence electrons. The van der Waals surface area contributed by atoms with Gasteiger partial charge in [-0.3, -0.25) is 9.78 Å². The van der Waals surface area contributed by atoms with Gasteiger partial charge in [0.2, 0.25) is 0 Å². The lowest BCUT2D eigenvalue weighted by atomic mass is 10.0. The summed E-state index contributed by atoms with van der Waals surface area (Å²) in [7, 11) is 0. The molecule has 4 nitrogen and oxygen atoms in total. The molecule has 0 saturated carbocycles. The van der Waals surface area contributed by atoms with Gasteiger partial charge in [0.05, 0.1) is 16.8 Å². The molecule has 2 rings (SSSR count). The van der Waals surface area contributed by atoms with Crippen molar-refractivity contribution in [3.63, 3.8) is 0 Å². The van der Waals surface area contributed by atoms with Crippen molar-refractivity contribution in [1.29, 1.82) is 0 Å². The Morgan fingerprint density at radius 3 is 2.63 bits per heavy atom. The molecule has 0 aromatic carbocycles. The van der Waals surface area contributed by atoms with Crippen LogP contribution < -0.4 is 0 Å². The zero-order valence-corrected chi connectivity index (χ0v) is 9.90. The molecule has 0 aliphatic heterocycles. The number of rotatable bonds is 2. The number of aromatic nitrogens is 3. The molecule has 8 heteroatoms. The lowest BCUT2D eigenvalue weighted by Crippen LogP contribution is -2.09. The third-order valence-corrected chi connectivity index (χ3v) is 2.64. The number of carbonyl (C=O) groups is 1. The van der Waals surface area contributed by atoms with Crippen LogP contribution in [0.4, 0.5) is 13.2 Å². The molecule has 0 unspecified atom stereocenters. The van der Waals surface area contributed by atoms with Crippen LogP contribution in [0.2, 0.25) is 5.15 Å². The second-order valence-corrected chi connectivity index (χ2v) is 3.82. The molecule has 19 heavy (non-hydrogen) atoms. The summed E-state index contributed by atoms with van der Waals surface area (Å²) in [5.74, 6) is 0. The number of halogens is 4. The maximum atomic E-state index is 12.9. The van der Waals surface area contributed by atoms with Crippen molar-refractivity contribution in [2.45, 2.75) is 6.18 Å². The Morgan fingerprint density at radius 1 is 1.26 bits per heavy atom. The molecule has 0 radical (unpaired) electrons. The van der Waals surface area contributed by atoms with Crippen LogP contribution in [0.15, 0.2) is 24.8 Å². The van der Waals surface area contributed by atoms with Crippen LogP contribution in [0.25, 0.3) is 11.3 Å². The van der Waals surface area contributed by atoms with E-state index >= 15 is 0 Å². The zero-order chi connectivity index (χ0) is 14.0. The van der Waals surface area contributed by atoms with Gasteiger partial charge in [-0.05, 0) is 6.07 Å². The van der Waals surface area contributed by atoms with Crippen LogP contribution in [0.3, 0.4) is 0 Å². The van der Waals surface area contributed by atoms with Crippen molar-refractivity contribution in [2.75, 3.05) is 0 Å². The molecule has 2 aromatic heterocycles. The van der Waals surface area contributed by atoms with Crippen molar-refractivity contribution in [2.24, 2.45) is 0 Å². The number of nitrogens with zero attached hydrogens (tertiary/aromatic N) is 3. The number of carbonyl (C=O) groups excluding carboxylic acids is 1. The van der Waals surface area contributed by atoms with Gasteiger partial charge in [-0.2, -0.15) is 13.2 Å². The molecule has 0 N–H and O–H groups in total. The van der Waals surface area contributed by atoms with Gasteiger partial charge in [0.1, 0.15) is 11.5 Å². The van der Waals surface area contributed by atoms with Gasteiger partial charge in [-0.15, -0.1) is 0 Å². The van der Waals surface area contributed by atoms with Gasteiger partial charge >= 0.3 is 6.18 Å². The van der Waals surface area contributed by atoms with Crippen molar-refractivity contribution < 1.29 is 18.0 Å². The maximum absolute atomic E-state index is 12.9. The largest absolute Gasteiger partial charge is 0.417 e. The topological polar surface area (TPSA) is 55.7 Å². The lowest BCUT2D eigenvalue weighted by molar-refractivity contribution is -0.137. The van der Waals surface area contributed by atoms with Crippen LogP contribution in [-0.2, 0) is 6.18 Å².